The van der Waals surface area contributed by atoms with Gasteiger partial charge in [-0.15, -0.1) is 0 Å². The molecule has 0 unspecified atom stereocenters. The third-order valence-corrected chi connectivity index (χ3v) is 8.85. The average molecular weight is 586 g/mol. The molecule has 0 aromatic heterocycles. The first kappa shape index (κ1) is 31.0. The predicted octanol–water partition coefficient (Wildman–Crippen LogP) is 5.18. The lowest BCUT2D eigenvalue weighted by atomic mass is 10.1. The van der Waals surface area contributed by atoms with Crippen LogP contribution in [0.5, 0.6) is 5.75 Å². The molecule has 2 atom stereocenters. The molecule has 0 heterocycles. The number of rotatable bonds is 12. The molecule has 0 aliphatic heterocycles. The van der Waals surface area contributed by atoms with Crippen molar-refractivity contribution >= 4 is 39.1 Å². The molecule has 3 rings (SSSR count). The van der Waals surface area contributed by atoms with E-state index in [-0.39, 0.29) is 34.8 Å². The summed E-state index contributed by atoms with van der Waals surface area (Å²) in [6.45, 7) is 6.75. The maximum absolute atomic E-state index is 14.0. The third-order valence-electron chi connectivity index (χ3n) is 6.71. The van der Waals surface area contributed by atoms with Crippen LogP contribution in [0, 0.1) is 6.92 Å². The van der Waals surface area contributed by atoms with Gasteiger partial charge in [0.15, 0.2) is 0 Å². The number of halogens is 1. The maximum Gasteiger partial charge on any atom is 0.264 e. The van der Waals surface area contributed by atoms with E-state index in [2.05, 4.69) is 5.32 Å². The van der Waals surface area contributed by atoms with Gasteiger partial charge in [0.05, 0.1) is 17.7 Å². The molecule has 0 aliphatic carbocycles. The third kappa shape index (κ3) is 7.34. The monoisotopic (exact) mass is 585 g/mol. The lowest BCUT2D eigenvalue weighted by Gasteiger charge is -2.33. The zero-order valence-corrected chi connectivity index (χ0v) is 25.0. The summed E-state index contributed by atoms with van der Waals surface area (Å²) < 4.78 is 34.4. The van der Waals surface area contributed by atoms with Crippen LogP contribution in [0.1, 0.15) is 38.3 Å². The van der Waals surface area contributed by atoms with Crippen molar-refractivity contribution in [2.45, 2.75) is 57.6 Å². The highest BCUT2D eigenvalue weighted by Gasteiger charge is 2.34. The van der Waals surface area contributed by atoms with Gasteiger partial charge < -0.3 is 15.0 Å². The summed E-state index contributed by atoms with van der Waals surface area (Å²) in [5, 5.41) is 3.35. The van der Waals surface area contributed by atoms with Crippen LogP contribution in [-0.2, 0) is 26.2 Å². The number of anilines is 1. The normalized spacial score (nSPS) is 12.8. The van der Waals surface area contributed by atoms with Crippen LogP contribution in [0.15, 0.2) is 77.7 Å². The van der Waals surface area contributed by atoms with Crippen molar-refractivity contribution in [1.82, 2.24) is 10.2 Å². The number of para-hydroxylation sites is 2. The van der Waals surface area contributed by atoms with Gasteiger partial charge in [0, 0.05) is 17.6 Å². The zero-order chi connectivity index (χ0) is 29.4. The van der Waals surface area contributed by atoms with Crippen LogP contribution in [0.25, 0.3) is 0 Å². The van der Waals surface area contributed by atoms with Crippen molar-refractivity contribution in [1.29, 1.82) is 0 Å². The van der Waals surface area contributed by atoms with Crippen LogP contribution in [-0.4, -0.2) is 50.9 Å². The topological polar surface area (TPSA) is 96.0 Å². The number of hydrogen-bond donors (Lipinski definition) is 1. The van der Waals surface area contributed by atoms with Crippen molar-refractivity contribution in [3.05, 3.63) is 88.9 Å². The number of carbonyl (C=O) groups is 2. The smallest absolute Gasteiger partial charge is 0.264 e. The second-order valence-electron chi connectivity index (χ2n) is 9.60. The summed E-state index contributed by atoms with van der Waals surface area (Å²) in [6.07, 6.45) is 0.716. The minimum Gasteiger partial charge on any atom is -0.495 e. The van der Waals surface area contributed by atoms with Crippen molar-refractivity contribution in [3.63, 3.8) is 0 Å². The van der Waals surface area contributed by atoms with Gasteiger partial charge in [-0.3, -0.25) is 13.9 Å². The van der Waals surface area contributed by atoms with Gasteiger partial charge in [0.25, 0.3) is 10.0 Å². The summed E-state index contributed by atoms with van der Waals surface area (Å²) in [6, 6.07) is 19.0. The van der Waals surface area contributed by atoms with Crippen molar-refractivity contribution in [2.75, 3.05) is 18.0 Å². The molecule has 0 saturated heterocycles. The van der Waals surface area contributed by atoms with Crippen LogP contribution in [0.3, 0.4) is 0 Å². The second-order valence-corrected chi connectivity index (χ2v) is 11.9. The molecule has 0 fully saturated rings. The first-order valence-corrected chi connectivity index (χ1v) is 14.9. The summed E-state index contributed by atoms with van der Waals surface area (Å²) in [7, 11) is -2.77. The number of amides is 2. The van der Waals surface area contributed by atoms with E-state index in [1.165, 1.54) is 24.1 Å². The van der Waals surface area contributed by atoms with Crippen LogP contribution in [0.4, 0.5) is 5.69 Å². The summed E-state index contributed by atoms with van der Waals surface area (Å²) in [5.74, 6) is -0.639. The summed E-state index contributed by atoms with van der Waals surface area (Å²) >= 11 is 6.41. The molecule has 3 aromatic carbocycles. The molecule has 3 aromatic rings. The minimum absolute atomic E-state index is 0.0118. The molecular formula is C30H36ClN3O5S. The Labute approximate surface area is 241 Å². The van der Waals surface area contributed by atoms with E-state index in [9.17, 15) is 18.0 Å². The number of sulfonamides is 1. The molecule has 2 amide bonds. The van der Waals surface area contributed by atoms with Gasteiger partial charge in [-0.25, -0.2) is 8.42 Å². The number of methoxy groups -OCH3 is 1. The predicted molar refractivity (Wildman–Crippen MR) is 158 cm³/mol. The van der Waals surface area contributed by atoms with Gasteiger partial charge in [-0.2, -0.15) is 0 Å². The van der Waals surface area contributed by atoms with Crippen molar-refractivity contribution in [3.8, 4) is 5.75 Å². The number of nitrogens with one attached hydrogen (secondary N) is 1. The van der Waals surface area contributed by atoms with E-state index in [1.54, 1.807) is 67.6 Å². The molecule has 8 nitrogen and oxygen atoms in total. The van der Waals surface area contributed by atoms with Gasteiger partial charge in [0.2, 0.25) is 11.8 Å². The highest BCUT2D eigenvalue weighted by Crippen LogP contribution is 2.32. The Morgan fingerprint density at radius 3 is 2.23 bits per heavy atom. The fourth-order valence-corrected chi connectivity index (χ4v) is 5.67. The largest absolute Gasteiger partial charge is 0.495 e. The standard InChI is InChI=1S/C30H36ClN3O5S/c1-6-22(3)32-30(36)23(4)33(19-24-11-7-8-12-26(24)31)29(35)20-34(27-13-9-10-14-28(27)39-5)40(37,38)25-17-15-21(2)16-18-25/h7-18,22-23H,6,19-20H2,1-5H3,(H,32,36)/t22-,23+/m0/s1. The van der Waals surface area contributed by atoms with Gasteiger partial charge >= 0.3 is 0 Å². The zero-order valence-electron chi connectivity index (χ0n) is 23.4. The Bertz CT molecular complexity index is 1430. The van der Waals surface area contributed by atoms with Crippen LogP contribution in [0.2, 0.25) is 5.02 Å². The number of nitrogens with zero attached hydrogens (tertiary/aromatic N) is 2. The second kappa shape index (κ2) is 13.7. The quantitative estimate of drug-likeness (QED) is 0.316. The molecular weight excluding hydrogens is 550 g/mol. The minimum atomic E-state index is -4.20. The van der Waals surface area contributed by atoms with E-state index < -0.39 is 28.5 Å². The number of carbonyl (C=O) groups excluding carboxylic acids is 2. The molecule has 0 spiro atoms. The number of hydrogen-bond acceptors (Lipinski definition) is 5. The summed E-state index contributed by atoms with van der Waals surface area (Å²) in [4.78, 5) is 28.6. The highest BCUT2D eigenvalue weighted by atomic mass is 35.5. The van der Waals surface area contributed by atoms with E-state index in [1.807, 2.05) is 20.8 Å². The Morgan fingerprint density at radius 1 is 0.975 bits per heavy atom. The Kier molecular flexibility index (Phi) is 10.6. The fourth-order valence-electron chi connectivity index (χ4n) is 4.04. The molecule has 0 saturated carbocycles. The van der Waals surface area contributed by atoms with E-state index in [4.69, 9.17) is 16.3 Å². The highest BCUT2D eigenvalue weighted by molar-refractivity contribution is 7.92. The van der Waals surface area contributed by atoms with Gasteiger partial charge in [-0.1, -0.05) is 66.6 Å². The van der Waals surface area contributed by atoms with Crippen molar-refractivity contribution in [2.24, 2.45) is 0 Å². The summed E-state index contributed by atoms with van der Waals surface area (Å²) in [5.41, 5.74) is 1.73. The number of ether oxygens (including phenoxy) is 1. The Balaban J connectivity index is 2.07. The Morgan fingerprint density at radius 2 is 1.60 bits per heavy atom. The van der Waals surface area contributed by atoms with E-state index >= 15 is 0 Å². The van der Waals surface area contributed by atoms with E-state index in [0.29, 0.717) is 17.0 Å². The molecule has 10 heteroatoms. The fraction of sp³-hybridized carbons (Fsp3) is 0.333. The molecule has 0 radical (unpaired) electrons. The first-order chi connectivity index (χ1) is 19.0. The molecule has 0 aliphatic rings. The SMILES string of the molecule is CC[C@H](C)NC(=O)[C@@H](C)N(Cc1ccccc1Cl)C(=O)CN(c1ccccc1OC)S(=O)(=O)c1ccc(C)cc1. The molecule has 40 heavy (non-hydrogen) atoms. The van der Waals surface area contributed by atoms with E-state index in [0.717, 1.165) is 9.87 Å². The molecule has 1 N–H and O–H groups in total. The lowest BCUT2D eigenvalue weighted by Crippen LogP contribution is -2.52. The number of aryl methyl sites for hydroxylation is 1. The van der Waals surface area contributed by atoms with Gasteiger partial charge in [-0.05, 0) is 63.1 Å². The molecule has 214 valence electrons. The Hall–Kier alpha value is -3.56. The maximum atomic E-state index is 14.0. The number of benzene rings is 3. The average Bonchev–Trinajstić information content (AvgIpc) is 2.95. The lowest BCUT2D eigenvalue weighted by molar-refractivity contribution is -0.139. The molecule has 0 bridgehead atoms. The van der Waals surface area contributed by atoms with Crippen LogP contribution < -0.4 is 14.4 Å². The van der Waals surface area contributed by atoms with Crippen LogP contribution >= 0.6 is 11.6 Å². The van der Waals surface area contributed by atoms with Crippen molar-refractivity contribution < 1.29 is 22.7 Å². The van der Waals surface area contributed by atoms with Gasteiger partial charge in [0.1, 0.15) is 18.3 Å². The first-order valence-electron chi connectivity index (χ1n) is 13.0.